The number of nitrogens with two attached hydrogens (primary N) is 1. The van der Waals surface area contributed by atoms with Gasteiger partial charge in [0.25, 0.3) is 0 Å². The molecule has 0 aliphatic carbocycles. The van der Waals surface area contributed by atoms with Gasteiger partial charge in [0, 0.05) is 19.3 Å². The van der Waals surface area contributed by atoms with E-state index in [1.54, 1.807) is 6.20 Å². The molecule has 5 nitrogen and oxygen atoms in total. The fraction of sp³-hybridized carbons (Fsp3) is 0.500. The smallest absolute Gasteiger partial charge is 0.189 e. The van der Waals surface area contributed by atoms with E-state index in [1.165, 1.54) is 6.42 Å². The van der Waals surface area contributed by atoms with Gasteiger partial charge in [0.2, 0.25) is 0 Å². The van der Waals surface area contributed by atoms with E-state index in [0.717, 1.165) is 31.1 Å². The van der Waals surface area contributed by atoms with Crippen molar-refractivity contribution >= 4 is 5.84 Å². The first-order valence-corrected chi connectivity index (χ1v) is 5.85. The predicted molar refractivity (Wildman–Crippen MR) is 65.8 cm³/mol. The molecule has 1 fully saturated rings. The molecule has 1 aromatic rings. The molecule has 3 N–H and O–H groups in total. The normalized spacial score (nSPS) is 21.9. The van der Waals surface area contributed by atoms with Gasteiger partial charge in [0.1, 0.15) is 5.69 Å². The molecule has 0 bridgehead atoms. The van der Waals surface area contributed by atoms with Gasteiger partial charge >= 0.3 is 0 Å². The Bertz CT molecular complexity index is 419. The maximum absolute atomic E-state index is 8.72. The third kappa shape index (κ3) is 2.74. The average molecular weight is 234 g/mol. The van der Waals surface area contributed by atoms with Crippen molar-refractivity contribution < 1.29 is 5.21 Å². The highest BCUT2D eigenvalue weighted by atomic mass is 16.4. The second-order valence-corrected chi connectivity index (χ2v) is 4.63. The number of hydrogen-bond donors (Lipinski definition) is 2. The fourth-order valence-electron chi connectivity index (χ4n) is 2.26. The molecule has 17 heavy (non-hydrogen) atoms. The summed E-state index contributed by atoms with van der Waals surface area (Å²) in [6.45, 7) is 5.27. The maximum Gasteiger partial charge on any atom is 0.189 e. The average Bonchev–Trinajstić information content (AvgIpc) is 2.74. The summed E-state index contributed by atoms with van der Waals surface area (Å²) in [5.41, 5.74) is 7.20. The van der Waals surface area contributed by atoms with Gasteiger partial charge in [-0.3, -0.25) is 9.88 Å². The molecular formula is C12H18N4O. The summed E-state index contributed by atoms with van der Waals surface area (Å²) in [5, 5.41) is 11.7. The number of likely N-dealkylation sites (tertiary alicyclic amines) is 1. The topological polar surface area (TPSA) is 74.7 Å². The molecule has 2 rings (SSSR count). The lowest BCUT2D eigenvalue weighted by atomic mass is 10.1. The van der Waals surface area contributed by atoms with Crippen LogP contribution in [0.5, 0.6) is 0 Å². The summed E-state index contributed by atoms with van der Waals surface area (Å²) in [6, 6.07) is 3.85. The maximum atomic E-state index is 8.72. The Hall–Kier alpha value is -1.62. The molecular weight excluding hydrogens is 216 g/mol. The van der Waals surface area contributed by atoms with E-state index in [2.05, 4.69) is 22.0 Å². The number of amidine groups is 1. The molecule has 0 radical (unpaired) electrons. The second kappa shape index (κ2) is 5.14. The number of nitrogens with zero attached hydrogens (tertiary/aromatic N) is 3. The standard InChI is InChI=1S/C12H18N4O/c1-9-4-6-16(7-9)8-10-3-2-5-14-11(10)12(13)15-17/h2-3,5,9,17H,4,6-8H2,1H3,(H2,13,15). The minimum absolute atomic E-state index is 0.0767. The zero-order chi connectivity index (χ0) is 12.3. The molecule has 0 aromatic carbocycles. The molecule has 0 saturated carbocycles. The first kappa shape index (κ1) is 11.9. The van der Waals surface area contributed by atoms with Gasteiger partial charge in [-0.05, 0) is 30.5 Å². The van der Waals surface area contributed by atoms with Crippen LogP contribution in [0.15, 0.2) is 23.5 Å². The van der Waals surface area contributed by atoms with Crippen LogP contribution in [0, 0.1) is 5.92 Å². The van der Waals surface area contributed by atoms with E-state index in [1.807, 2.05) is 12.1 Å². The van der Waals surface area contributed by atoms with Gasteiger partial charge < -0.3 is 10.9 Å². The SMILES string of the molecule is CC1CCN(Cc2cccnc2C(N)=NO)C1. The molecule has 1 aromatic heterocycles. The Labute approximate surface area is 101 Å². The van der Waals surface area contributed by atoms with Gasteiger partial charge in [0.15, 0.2) is 5.84 Å². The van der Waals surface area contributed by atoms with Crippen molar-refractivity contribution in [1.29, 1.82) is 0 Å². The largest absolute Gasteiger partial charge is 0.409 e. The molecule has 92 valence electrons. The number of aromatic nitrogens is 1. The highest BCUT2D eigenvalue weighted by molar-refractivity contribution is 5.96. The molecule has 5 heteroatoms. The zero-order valence-corrected chi connectivity index (χ0v) is 10.0. The Kier molecular flexibility index (Phi) is 3.58. The van der Waals surface area contributed by atoms with Gasteiger partial charge in [0.05, 0.1) is 0 Å². The summed E-state index contributed by atoms with van der Waals surface area (Å²) < 4.78 is 0. The van der Waals surface area contributed by atoms with Gasteiger partial charge in [-0.2, -0.15) is 0 Å². The lowest BCUT2D eigenvalue weighted by Crippen LogP contribution is -2.24. The Balaban J connectivity index is 2.15. The van der Waals surface area contributed by atoms with Gasteiger partial charge in [-0.15, -0.1) is 0 Å². The van der Waals surface area contributed by atoms with E-state index in [0.29, 0.717) is 5.69 Å². The van der Waals surface area contributed by atoms with Crippen LogP contribution in [0.2, 0.25) is 0 Å². The van der Waals surface area contributed by atoms with E-state index in [9.17, 15) is 0 Å². The predicted octanol–water partition coefficient (Wildman–Crippen LogP) is 1.02. The lowest BCUT2D eigenvalue weighted by Gasteiger charge is -2.16. The van der Waals surface area contributed by atoms with Gasteiger partial charge in [-0.25, -0.2) is 0 Å². The quantitative estimate of drug-likeness (QED) is 0.354. The van der Waals surface area contributed by atoms with E-state index in [4.69, 9.17) is 10.9 Å². The van der Waals surface area contributed by atoms with Gasteiger partial charge in [-0.1, -0.05) is 18.1 Å². The molecule has 1 unspecified atom stereocenters. The van der Waals surface area contributed by atoms with Crippen LogP contribution in [-0.2, 0) is 6.54 Å². The Morgan fingerprint density at radius 2 is 2.53 bits per heavy atom. The first-order chi connectivity index (χ1) is 8.20. The summed E-state index contributed by atoms with van der Waals surface area (Å²) in [4.78, 5) is 6.54. The van der Waals surface area contributed by atoms with Crippen molar-refractivity contribution in [3.05, 3.63) is 29.6 Å². The van der Waals surface area contributed by atoms with Crippen LogP contribution >= 0.6 is 0 Å². The minimum atomic E-state index is 0.0767. The number of rotatable bonds is 3. The van der Waals surface area contributed by atoms with Crippen LogP contribution in [-0.4, -0.2) is 34.0 Å². The van der Waals surface area contributed by atoms with Crippen molar-refractivity contribution in [2.24, 2.45) is 16.8 Å². The number of hydrogen-bond acceptors (Lipinski definition) is 4. The monoisotopic (exact) mass is 234 g/mol. The second-order valence-electron chi connectivity index (χ2n) is 4.63. The van der Waals surface area contributed by atoms with Crippen LogP contribution in [0.4, 0.5) is 0 Å². The molecule has 2 heterocycles. The van der Waals surface area contributed by atoms with Crippen LogP contribution in [0.1, 0.15) is 24.6 Å². The highest BCUT2D eigenvalue weighted by Crippen LogP contribution is 2.18. The molecule has 0 amide bonds. The molecule has 1 atom stereocenters. The Morgan fingerprint density at radius 1 is 1.71 bits per heavy atom. The van der Waals surface area contributed by atoms with Crippen molar-refractivity contribution in [2.45, 2.75) is 19.9 Å². The molecule has 0 spiro atoms. The molecule has 1 aliphatic heterocycles. The molecule has 1 aliphatic rings. The van der Waals surface area contributed by atoms with Crippen LogP contribution < -0.4 is 5.73 Å². The number of oxime groups is 1. The third-order valence-electron chi connectivity index (χ3n) is 3.14. The first-order valence-electron chi connectivity index (χ1n) is 5.85. The number of pyridine rings is 1. The summed E-state index contributed by atoms with van der Waals surface area (Å²) in [6.07, 6.45) is 2.89. The zero-order valence-electron chi connectivity index (χ0n) is 10.0. The lowest BCUT2D eigenvalue weighted by molar-refractivity contribution is 0.315. The minimum Gasteiger partial charge on any atom is -0.409 e. The third-order valence-corrected chi connectivity index (χ3v) is 3.14. The fourth-order valence-corrected chi connectivity index (χ4v) is 2.26. The van der Waals surface area contributed by atoms with Crippen LogP contribution in [0.3, 0.4) is 0 Å². The van der Waals surface area contributed by atoms with E-state index >= 15 is 0 Å². The van der Waals surface area contributed by atoms with E-state index < -0.39 is 0 Å². The van der Waals surface area contributed by atoms with Crippen molar-refractivity contribution in [2.75, 3.05) is 13.1 Å². The van der Waals surface area contributed by atoms with Crippen LogP contribution in [0.25, 0.3) is 0 Å². The highest BCUT2D eigenvalue weighted by Gasteiger charge is 2.20. The summed E-state index contributed by atoms with van der Waals surface area (Å²) >= 11 is 0. The van der Waals surface area contributed by atoms with E-state index in [-0.39, 0.29) is 5.84 Å². The van der Waals surface area contributed by atoms with Crippen molar-refractivity contribution in [3.63, 3.8) is 0 Å². The van der Waals surface area contributed by atoms with Crippen molar-refractivity contribution in [3.8, 4) is 0 Å². The summed E-state index contributed by atoms with van der Waals surface area (Å²) in [5.74, 6) is 0.826. The summed E-state index contributed by atoms with van der Waals surface area (Å²) in [7, 11) is 0. The van der Waals surface area contributed by atoms with Crippen molar-refractivity contribution in [1.82, 2.24) is 9.88 Å². The Morgan fingerprint density at radius 3 is 3.18 bits per heavy atom. The molecule has 1 saturated heterocycles.